The third-order valence-electron chi connectivity index (χ3n) is 4.40. The van der Waals surface area contributed by atoms with Crippen molar-refractivity contribution in [1.29, 1.82) is 0 Å². The molecule has 3 heterocycles. The lowest BCUT2D eigenvalue weighted by atomic mass is 9.95. The standard InChI is InChI=1S/C15H26N2O3/c1-15(2,3)20-14(18)17-7-6-10(9-17)16-12-8-11-4-5-13(12)19-11/h10-13,16H,4-9H2,1-3H3. The summed E-state index contributed by atoms with van der Waals surface area (Å²) < 4.78 is 11.3. The van der Waals surface area contributed by atoms with Gasteiger partial charge in [0, 0.05) is 25.2 Å². The number of hydrogen-bond acceptors (Lipinski definition) is 4. The van der Waals surface area contributed by atoms with Crippen LogP contribution < -0.4 is 5.32 Å². The molecule has 0 aromatic rings. The number of carbonyl (C=O) groups is 1. The first-order valence-electron chi connectivity index (χ1n) is 7.80. The maximum Gasteiger partial charge on any atom is 0.410 e. The Morgan fingerprint density at radius 3 is 2.70 bits per heavy atom. The second kappa shape index (κ2) is 5.19. The van der Waals surface area contributed by atoms with Gasteiger partial charge in [0.1, 0.15) is 5.60 Å². The summed E-state index contributed by atoms with van der Waals surface area (Å²) in [5.74, 6) is 0. The van der Waals surface area contributed by atoms with Gasteiger partial charge in [0.05, 0.1) is 12.2 Å². The van der Waals surface area contributed by atoms with Crippen LogP contribution in [-0.4, -0.2) is 54.0 Å². The van der Waals surface area contributed by atoms with Crippen LogP contribution in [0, 0.1) is 0 Å². The third-order valence-corrected chi connectivity index (χ3v) is 4.40. The van der Waals surface area contributed by atoms with Crippen LogP contribution in [0.4, 0.5) is 4.79 Å². The molecule has 5 nitrogen and oxygen atoms in total. The molecule has 5 heteroatoms. The molecule has 20 heavy (non-hydrogen) atoms. The molecule has 3 fully saturated rings. The van der Waals surface area contributed by atoms with Gasteiger partial charge in [0.15, 0.2) is 0 Å². The van der Waals surface area contributed by atoms with Crippen LogP contribution in [0.3, 0.4) is 0 Å². The van der Waals surface area contributed by atoms with Gasteiger partial charge in [-0.3, -0.25) is 0 Å². The summed E-state index contributed by atoms with van der Waals surface area (Å²) in [6.45, 7) is 7.26. The Morgan fingerprint density at radius 2 is 2.10 bits per heavy atom. The topological polar surface area (TPSA) is 50.8 Å². The van der Waals surface area contributed by atoms with E-state index in [-0.39, 0.29) is 6.09 Å². The van der Waals surface area contributed by atoms with Gasteiger partial charge in [-0.1, -0.05) is 0 Å². The average Bonchev–Trinajstić information content (AvgIpc) is 3.01. The first kappa shape index (κ1) is 14.1. The lowest BCUT2D eigenvalue weighted by Crippen LogP contribution is -2.45. The molecule has 0 aromatic heterocycles. The Labute approximate surface area is 121 Å². The fourth-order valence-corrected chi connectivity index (χ4v) is 3.50. The minimum atomic E-state index is -0.416. The molecule has 3 saturated heterocycles. The summed E-state index contributed by atoms with van der Waals surface area (Å²) in [5.41, 5.74) is -0.416. The lowest BCUT2D eigenvalue weighted by molar-refractivity contribution is 0.0289. The van der Waals surface area contributed by atoms with E-state index in [9.17, 15) is 4.79 Å². The Hall–Kier alpha value is -0.810. The molecule has 3 rings (SSSR count). The van der Waals surface area contributed by atoms with E-state index in [2.05, 4.69) is 5.32 Å². The molecule has 0 spiro atoms. The fraction of sp³-hybridized carbons (Fsp3) is 0.933. The number of hydrogen-bond donors (Lipinski definition) is 1. The highest BCUT2D eigenvalue weighted by atomic mass is 16.6. The van der Waals surface area contributed by atoms with E-state index < -0.39 is 5.60 Å². The van der Waals surface area contributed by atoms with Crippen molar-refractivity contribution >= 4 is 6.09 Å². The van der Waals surface area contributed by atoms with Crippen molar-refractivity contribution in [3.8, 4) is 0 Å². The highest BCUT2D eigenvalue weighted by Gasteiger charge is 2.42. The normalized spacial score (nSPS) is 36.6. The van der Waals surface area contributed by atoms with Gasteiger partial charge >= 0.3 is 6.09 Å². The van der Waals surface area contributed by atoms with Gasteiger partial charge in [-0.25, -0.2) is 4.79 Å². The highest BCUT2D eigenvalue weighted by molar-refractivity contribution is 5.68. The number of amides is 1. The van der Waals surface area contributed by atoms with Crippen LogP contribution >= 0.6 is 0 Å². The Bertz CT molecular complexity index is 380. The van der Waals surface area contributed by atoms with Gasteiger partial charge in [-0.05, 0) is 46.5 Å². The molecule has 4 unspecified atom stereocenters. The predicted molar refractivity (Wildman–Crippen MR) is 75.6 cm³/mol. The maximum absolute atomic E-state index is 12.0. The van der Waals surface area contributed by atoms with Crippen LogP contribution in [0.1, 0.15) is 46.5 Å². The van der Waals surface area contributed by atoms with Crippen molar-refractivity contribution < 1.29 is 14.3 Å². The van der Waals surface area contributed by atoms with Gasteiger partial charge in [-0.2, -0.15) is 0 Å². The SMILES string of the molecule is CC(C)(C)OC(=O)N1CCC(NC2CC3CCC2O3)C1. The molecule has 4 atom stereocenters. The van der Waals surface area contributed by atoms with Crippen LogP contribution in [0.25, 0.3) is 0 Å². The second-order valence-corrected chi connectivity index (χ2v) is 7.29. The van der Waals surface area contributed by atoms with Crippen molar-refractivity contribution in [3.63, 3.8) is 0 Å². The Balaban J connectivity index is 1.46. The summed E-state index contributed by atoms with van der Waals surface area (Å²) in [6.07, 6.45) is 5.23. The fourth-order valence-electron chi connectivity index (χ4n) is 3.50. The first-order valence-corrected chi connectivity index (χ1v) is 7.80. The number of fused-ring (bicyclic) bond motifs is 2. The van der Waals surface area contributed by atoms with Crippen molar-refractivity contribution in [2.24, 2.45) is 0 Å². The minimum absolute atomic E-state index is 0.189. The van der Waals surface area contributed by atoms with E-state index in [0.29, 0.717) is 24.3 Å². The molecule has 0 aliphatic carbocycles. The molecule has 0 aromatic carbocycles. The number of carbonyl (C=O) groups excluding carboxylic acids is 1. The van der Waals surface area contributed by atoms with Crippen molar-refractivity contribution in [2.75, 3.05) is 13.1 Å². The highest BCUT2D eigenvalue weighted by Crippen LogP contribution is 2.34. The van der Waals surface area contributed by atoms with Crippen LogP contribution in [0.5, 0.6) is 0 Å². The van der Waals surface area contributed by atoms with Crippen molar-refractivity contribution in [3.05, 3.63) is 0 Å². The maximum atomic E-state index is 12.0. The van der Waals surface area contributed by atoms with E-state index >= 15 is 0 Å². The number of likely N-dealkylation sites (tertiary alicyclic amines) is 1. The van der Waals surface area contributed by atoms with Crippen molar-refractivity contribution in [2.45, 2.75) is 76.3 Å². The van der Waals surface area contributed by atoms with Crippen LogP contribution in [0.2, 0.25) is 0 Å². The molecule has 114 valence electrons. The van der Waals surface area contributed by atoms with E-state index in [1.54, 1.807) is 0 Å². The quantitative estimate of drug-likeness (QED) is 0.840. The first-order chi connectivity index (χ1) is 9.40. The minimum Gasteiger partial charge on any atom is -0.444 e. The largest absolute Gasteiger partial charge is 0.444 e. The molecule has 3 aliphatic rings. The summed E-state index contributed by atoms with van der Waals surface area (Å²) in [4.78, 5) is 13.8. The van der Waals surface area contributed by atoms with Gasteiger partial charge in [0.25, 0.3) is 0 Å². The molecular formula is C15H26N2O3. The van der Waals surface area contributed by atoms with E-state index in [4.69, 9.17) is 9.47 Å². The van der Waals surface area contributed by atoms with Crippen molar-refractivity contribution in [1.82, 2.24) is 10.2 Å². The van der Waals surface area contributed by atoms with E-state index in [1.807, 2.05) is 25.7 Å². The molecule has 2 bridgehead atoms. The zero-order valence-corrected chi connectivity index (χ0v) is 12.7. The van der Waals surface area contributed by atoms with Crippen LogP contribution in [0.15, 0.2) is 0 Å². The predicted octanol–water partition coefficient (Wildman–Crippen LogP) is 1.91. The molecular weight excluding hydrogens is 256 g/mol. The summed E-state index contributed by atoms with van der Waals surface area (Å²) >= 11 is 0. The number of nitrogens with one attached hydrogen (secondary N) is 1. The molecule has 0 radical (unpaired) electrons. The average molecular weight is 282 g/mol. The molecule has 0 saturated carbocycles. The summed E-state index contributed by atoms with van der Waals surface area (Å²) in [7, 11) is 0. The number of nitrogens with zero attached hydrogens (tertiary/aromatic N) is 1. The second-order valence-electron chi connectivity index (χ2n) is 7.29. The number of rotatable bonds is 2. The van der Waals surface area contributed by atoms with Crippen LogP contribution in [-0.2, 0) is 9.47 Å². The summed E-state index contributed by atoms with van der Waals surface area (Å²) in [5, 5.41) is 3.68. The smallest absolute Gasteiger partial charge is 0.410 e. The Morgan fingerprint density at radius 1 is 1.30 bits per heavy atom. The van der Waals surface area contributed by atoms with Gasteiger partial charge < -0.3 is 19.7 Å². The van der Waals surface area contributed by atoms with E-state index in [0.717, 1.165) is 25.9 Å². The molecule has 1 N–H and O–H groups in total. The number of ether oxygens (including phenoxy) is 2. The zero-order chi connectivity index (χ0) is 14.3. The summed E-state index contributed by atoms with van der Waals surface area (Å²) in [6, 6.07) is 0.868. The van der Waals surface area contributed by atoms with Gasteiger partial charge in [0.2, 0.25) is 0 Å². The van der Waals surface area contributed by atoms with Gasteiger partial charge in [-0.15, -0.1) is 0 Å². The molecule has 1 amide bonds. The van der Waals surface area contributed by atoms with E-state index in [1.165, 1.54) is 12.8 Å². The zero-order valence-electron chi connectivity index (χ0n) is 12.7. The Kier molecular flexibility index (Phi) is 3.67. The molecule has 3 aliphatic heterocycles. The third kappa shape index (κ3) is 3.09. The lowest BCUT2D eigenvalue weighted by Gasteiger charge is -2.26. The monoisotopic (exact) mass is 282 g/mol.